The first-order valence-corrected chi connectivity index (χ1v) is 7.00. The van der Waals surface area contributed by atoms with Gasteiger partial charge in [0.15, 0.2) is 5.78 Å². The van der Waals surface area contributed by atoms with E-state index in [4.69, 9.17) is 0 Å². The Labute approximate surface area is 108 Å². The summed E-state index contributed by atoms with van der Waals surface area (Å²) in [6, 6.07) is 6.27. The van der Waals surface area contributed by atoms with Gasteiger partial charge in [0.2, 0.25) is 0 Å². The van der Waals surface area contributed by atoms with Crippen molar-refractivity contribution in [2.75, 3.05) is 4.72 Å². The van der Waals surface area contributed by atoms with E-state index < -0.39 is 15.7 Å². The van der Waals surface area contributed by atoms with E-state index in [0.717, 1.165) is 0 Å². The Morgan fingerprint density at radius 3 is 2.00 bits per heavy atom. The van der Waals surface area contributed by atoms with Gasteiger partial charge in [-0.3, -0.25) is 9.52 Å². The summed E-state index contributed by atoms with van der Waals surface area (Å²) in [7, 11) is -3.61. The van der Waals surface area contributed by atoms with Crippen molar-refractivity contribution in [1.29, 1.82) is 0 Å². The molecule has 0 atom stereocenters. The summed E-state index contributed by atoms with van der Waals surface area (Å²) in [5, 5.41) is 0. The molecule has 0 aromatic heterocycles. The van der Waals surface area contributed by atoms with Crippen LogP contribution in [0, 0.1) is 0 Å². The summed E-state index contributed by atoms with van der Waals surface area (Å²) < 4.78 is 28.4. The molecule has 0 saturated carbocycles. The zero-order chi connectivity index (χ0) is 14.0. The van der Waals surface area contributed by atoms with Crippen molar-refractivity contribution in [3.05, 3.63) is 29.8 Å². The molecule has 18 heavy (non-hydrogen) atoms. The maximum atomic E-state index is 11.7. The smallest absolute Gasteiger partial charge is 0.295 e. The second-order valence-electron chi connectivity index (χ2n) is 5.09. The van der Waals surface area contributed by atoms with Crippen LogP contribution in [0.3, 0.4) is 0 Å². The molecule has 0 radical (unpaired) electrons. The van der Waals surface area contributed by atoms with E-state index in [-0.39, 0.29) is 5.78 Å². The molecule has 2 N–H and O–H groups in total. The molecule has 1 aromatic rings. The quantitative estimate of drug-likeness (QED) is 0.821. The molecule has 0 aliphatic carbocycles. The van der Waals surface area contributed by atoms with Crippen LogP contribution in [0.4, 0.5) is 5.69 Å². The molecule has 1 aromatic carbocycles. The number of benzene rings is 1. The molecule has 0 aliphatic heterocycles. The summed E-state index contributed by atoms with van der Waals surface area (Å²) in [5.41, 5.74) is 0.406. The van der Waals surface area contributed by atoms with Crippen LogP contribution in [0.2, 0.25) is 0 Å². The fraction of sp³-hybridized carbons (Fsp3) is 0.417. The van der Waals surface area contributed by atoms with Crippen molar-refractivity contribution in [1.82, 2.24) is 4.72 Å². The van der Waals surface area contributed by atoms with Crippen molar-refractivity contribution >= 4 is 21.7 Å². The van der Waals surface area contributed by atoms with Gasteiger partial charge >= 0.3 is 0 Å². The minimum Gasteiger partial charge on any atom is -0.295 e. The van der Waals surface area contributed by atoms with Gasteiger partial charge in [-0.25, -0.2) is 0 Å². The monoisotopic (exact) mass is 270 g/mol. The van der Waals surface area contributed by atoms with Crippen molar-refractivity contribution in [3.8, 4) is 0 Å². The predicted molar refractivity (Wildman–Crippen MR) is 71.9 cm³/mol. The summed E-state index contributed by atoms with van der Waals surface area (Å²) in [6.07, 6.45) is 0. The van der Waals surface area contributed by atoms with Gasteiger partial charge in [-0.2, -0.15) is 13.1 Å². The van der Waals surface area contributed by atoms with Crippen LogP contribution in [0.25, 0.3) is 0 Å². The van der Waals surface area contributed by atoms with Gasteiger partial charge < -0.3 is 0 Å². The Morgan fingerprint density at radius 1 is 1.11 bits per heavy atom. The highest BCUT2D eigenvalue weighted by Gasteiger charge is 2.19. The van der Waals surface area contributed by atoms with E-state index in [2.05, 4.69) is 9.44 Å². The maximum absolute atomic E-state index is 11.7. The number of nitrogens with one attached hydrogen (secondary N) is 2. The third-order valence-corrected chi connectivity index (χ3v) is 3.37. The van der Waals surface area contributed by atoms with Crippen LogP contribution in [-0.2, 0) is 10.2 Å². The van der Waals surface area contributed by atoms with Crippen molar-refractivity contribution in [2.45, 2.75) is 33.2 Å². The van der Waals surface area contributed by atoms with Crippen LogP contribution in [0.15, 0.2) is 24.3 Å². The number of hydrogen-bond acceptors (Lipinski definition) is 3. The zero-order valence-electron chi connectivity index (χ0n) is 10.9. The highest BCUT2D eigenvalue weighted by atomic mass is 32.2. The topological polar surface area (TPSA) is 75.3 Å². The molecule has 6 heteroatoms. The van der Waals surface area contributed by atoms with Crippen LogP contribution in [0.1, 0.15) is 38.1 Å². The lowest BCUT2D eigenvalue weighted by Crippen LogP contribution is -2.43. The Balaban J connectivity index is 2.82. The van der Waals surface area contributed by atoms with E-state index in [1.54, 1.807) is 45.0 Å². The second-order valence-corrected chi connectivity index (χ2v) is 6.51. The number of rotatable bonds is 4. The molecule has 0 fully saturated rings. The molecule has 0 unspecified atom stereocenters. The van der Waals surface area contributed by atoms with Crippen molar-refractivity contribution in [3.63, 3.8) is 0 Å². The van der Waals surface area contributed by atoms with Crippen molar-refractivity contribution < 1.29 is 13.2 Å². The van der Waals surface area contributed by atoms with Gasteiger partial charge in [0.1, 0.15) is 0 Å². The first-order valence-electron chi connectivity index (χ1n) is 5.52. The third kappa shape index (κ3) is 4.85. The van der Waals surface area contributed by atoms with Gasteiger partial charge in [0, 0.05) is 16.8 Å². The Hall–Kier alpha value is -1.40. The normalized spacial score (nSPS) is 12.2. The van der Waals surface area contributed by atoms with E-state index >= 15 is 0 Å². The van der Waals surface area contributed by atoms with Crippen molar-refractivity contribution in [2.24, 2.45) is 0 Å². The number of Topliss-reactive ketones (excluding diaryl/α,β-unsaturated/α-hetero) is 1. The lowest BCUT2D eigenvalue weighted by Gasteiger charge is -2.20. The predicted octanol–water partition coefficient (Wildman–Crippen LogP) is 1.93. The summed E-state index contributed by atoms with van der Waals surface area (Å²) >= 11 is 0. The van der Waals surface area contributed by atoms with Gasteiger partial charge in [-0.05, 0) is 52.0 Å². The maximum Gasteiger partial charge on any atom is 0.299 e. The van der Waals surface area contributed by atoms with Crippen LogP contribution in [-0.4, -0.2) is 19.7 Å². The van der Waals surface area contributed by atoms with E-state index in [1.807, 2.05) is 0 Å². The molecule has 0 bridgehead atoms. The molecular weight excluding hydrogens is 252 g/mol. The van der Waals surface area contributed by atoms with E-state index in [1.165, 1.54) is 6.92 Å². The molecule has 0 heterocycles. The average molecular weight is 270 g/mol. The van der Waals surface area contributed by atoms with Gasteiger partial charge in [-0.1, -0.05) is 0 Å². The van der Waals surface area contributed by atoms with Gasteiger partial charge in [-0.15, -0.1) is 0 Å². The van der Waals surface area contributed by atoms with Crippen LogP contribution >= 0.6 is 0 Å². The van der Waals surface area contributed by atoms with E-state index in [9.17, 15) is 13.2 Å². The second kappa shape index (κ2) is 5.07. The highest BCUT2D eigenvalue weighted by Crippen LogP contribution is 2.12. The standard InChI is InChI=1S/C12H18N2O3S/c1-9(15)10-5-7-11(8-6-10)13-18(16,17)14-12(2,3)4/h5-8,13-14H,1-4H3. The Kier molecular flexibility index (Phi) is 4.13. The summed E-state index contributed by atoms with van der Waals surface area (Å²) in [4.78, 5) is 11.1. The molecule has 100 valence electrons. The fourth-order valence-electron chi connectivity index (χ4n) is 1.36. The van der Waals surface area contributed by atoms with Crippen LogP contribution in [0.5, 0.6) is 0 Å². The zero-order valence-corrected chi connectivity index (χ0v) is 11.8. The number of anilines is 1. The molecule has 5 nitrogen and oxygen atoms in total. The first-order chi connectivity index (χ1) is 8.09. The molecule has 1 rings (SSSR count). The van der Waals surface area contributed by atoms with Gasteiger partial charge in [0.05, 0.1) is 0 Å². The Bertz CT molecular complexity index is 527. The molecular formula is C12H18N2O3S. The minimum absolute atomic E-state index is 0.0581. The largest absolute Gasteiger partial charge is 0.299 e. The lowest BCUT2D eigenvalue weighted by atomic mass is 10.1. The average Bonchev–Trinajstić information content (AvgIpc) is 2.13. The summed E-state index contributed by atoms with van der Waals surface area (Å²) in [6.45, 7) is 6.72. The number of carbonyl (C=O) groups excluding carboxylic acids is 1. The molecule has 0 amide bonds. The highest BCUT2D eigenvalue weighted by molar-refractivity contribution is 7.90. The third-order valence-electron chi connectivity index (χ3n) is 1.98. The minimum atomic E-state index is -3.61. The fourth-order valence-corrected chi connectivity index (χ4v) is 2.66. The number of ketones is 1. The van der Waals surface area contributed by atoms with Crippen LogP contribution < -0.4 is 9.44 Å². The van der Waals surface area contributed by atoms with Gasteiger partial charge in [0.25, 0.3) is 10.2 Å². The number of hydrogen-bond donors (Lipinski definition) is 2. The SMILES string of the molecule is CC(=O)c1ccc(NS(=O)(=O)NC(C)(C)C)cc1. The molecule has 0 aliphatic rings. The first kappa shape index (κ1) is 14.7. The van der Waals surface area contributed by atoms with E-state index in [0.29, 0.717) is 11.3 Å². The summed E-state index contributed by atoms with van der Waals surface area (Å²) in [5.74, 6) is -0.0581. The Morgan fingerprint density at radius 2 is 1.61 bits per heavy atom. The lowest BCUT2D eigenvalue weighted by molar-refractivity contribution is 0.101. The number of carbonyl (C=O) groups is 1. The molecule has 0 spiro atoms. The molecule has 0 saturated heterocycles.